The zero-order chi connectivity index (χ0) is 8.06. The standard InChI is InChI=1S/C10H16O/c1-10(2,3)7-4-5-8-9(6-7)11-8/h6-8H,4-5H2,1-3H3. The summed E-state index contributed by atoms with van der Waals surface area (Å²) >= 11 is 0. The lowest BCUT2D eigenvalue weighted by molar-refractivity contribution is 0.265. The Morgan fingerprint density at radius 3 is 2.64 bits per heavy atom. The molecule has 1 saturated heterocycles. The van der Waals surface area contributed by atoms with Crippen molar-refractivity contribution >= 4 is 0 Å². The van der Waals surface area contributed by atoms with Crippen molar-refractivity contribution in [2.24, 2.45) is 11.3 Å². The van der Waals surface area contributed by atoms with Crippen LogP contribution in [0.5, 0.6) is 0 Å². The molecule has 0 bridgehead atoms. The summed E-state index contributed by atoms with van der Waals surface area (Å²) in [4.78, 5) is 0. The average Bonchev–Trinajstić information content (AvgIpc) is 2.60. The summed E-state index contributed by atoms with van der Waals surface area (Å²) < 4.78 is 5.36. The van der Waals surface area contributed by atoms with Crippen LogP contribution >= 0.6 is 0 Å². The molecule has 0 amide bonds. The van der Waals surface area contributed by atoms with Crippen molar-refractivity contribution in [2.45, 2.75) is 39.7 Å². The van der Waals surface area contributed by atoms with Gasteiger partial charge in [0.05, 0.1) is 0 Å². The van der Waals surface area contributed by atoms with Crippen LogP contribution in [0, 0.1) is 11.3 Å². The van der Waals surface area contributed by atoms with Gasteiger partial charge in [0.1, 0.15) is 5.76 Å². The lowest BCUT2D eigenvalue weighted by Crippen LogP contribution is -2.20. The number of fused-ring (bicyclic) bond motifs is 1. The Labute approximate surface area is 68.4 Å². The maximum atomic E-state index is 5.36. The predicted molar refractivity (Wildman–Crippen MR) is 45.1 cm³/mol. The summed E-state index contributed by atoms with van der Waals surface area (Å²) in [6, 6.07) is 0. The van der Waals surface area contributed by atoms with Crippen molar-refractivity contribution in [3.63, 3.8) is 0 Å². The summed E-state index contributed by atoms with van der Waals surface area (Å²) in [5, 5.41) is 0. The van der Waals surface area contributed by atoms with Crippen LogP contribution in [0.15, 0.2) is 11.8 Å². The first-order chi connectivity index (χ1) is 5.07. The molecule has 0 aromatic carbocycles. The van der Waals surface area contributed by atoms with Crippen molar-refractivity contribution < 1.29 is 4.74 Å². The van der Waals surface area contributed by atoms with Crippen molar-refractivity contribution in [2.75, 3.05) is 0 Å². The highest BCUT2D eigenvalue weighted by Gasteiger charge is 2.40. The molecular weight excluding hydrogens is 136 g/mol. The first-order valence-electron chi connectivity index (χ1n) is 4.46. The molecule has 0 N–H and O–H groups in total. The van der Waals surface area contributed by atoms with Gasteiger partial charge in [-0.05, 0) is 30.3 Å². The second-order valence-electron chi connectivity index (χ2n) is 4.73. The zero-order valence-electron chi connectivity index (χ0n) is 7.55. The van der Waals surface area contributed by atoms with Crippen LogP contribution in [0.2, 0.25) is 0 Å². The monoisotopic (exact) mass is 152 g/mol. The number of hydrogen-bond donors (Lipinski definition) is 0. The third-order valence-electron chi connectivity index (χ3n) is 2.76. The van der Waals surface area contributed by atoms with Crippen molar-refractivity contribution in [1.29, 1.82) is 0 Å². The van der Waals surface area contributed by atoms with Gasteiger partial charge in [0.25, 0.3) is 0 Å². The van der Waals surface area contributed by atoms with Crippen molar-refractivity contribution in [3.8, 4) is 0 Å². The van der Waals surface area contributed by atoms with Crippen LogP contribution < -0.4 is 0 Å². The van der Waals surface area contributed by atoms with Gasteiger partial charge in [-0.3, -0.25) is 0 Å². The van der Waals surface area contributed by atoms with Crippen LogP contribution in [0.4, 0.5) is 0 Å². The van der Waals surface area contributed by atoms with Crippen LogP contribution in [-0.2, 0) is 4.74 Å². The van der Waals surface area contributed by atoms with E-state index in [0.717, 1.165) is 5.92 Å². The fourth-order valence-corrected chi connectivity index (χ4v) is 1.77. The molecule has 1 fully saturated rings. The Morgan fingerprint density at radius 1 is 1.36 bits per heavy atom. The highest BCUT2D eigenvalue weighted by Crippen LogP contribution is 2.44. The Morgan fingerprint density at radius 2 is 2.09 bits per heavy atom. The lowest BCUT2D eigenvalue weighted by atomic mass is 9.76. The molecule has 0 radical (unpaired) electrons. The summed E-state index contributed by atoms with van der Waals surface area (Å²) in [6.45, 7) is 6.91. The van der Waals surface area contributed by atoms with Gasteiger partial charge in [0.15, 0.2) is 6.10 Å². The Hall–Kier alpha value is -0.460. The molecule has 2 rings (SSSR count). The minimum Gasteiger partial charge on any atom is -0.483 e. The Balaban J connectivity index is 2.11. The minimum atomic E-state index is 0.421. The number of allylic oxidation sites excluding steroid dienone is 1. The van der Waals surface area contributed by atoms with Gasteiger partial charge in [-0.25, -0.2) is 0 Å². The predicted octanol–water partition coefficient (Wildman–Crippen LogP) is 2.73. The second-order valence-corrected chi connectivity index (χ2v) is 4.73. The zero-order valence-corrected chi connectivity index (χ0v) is 7.55. The molecule has 2 unspecified atom stereocenters. The Bertz CT molecular complexity index is 197. The van der Waals surface area contributed by atoms with Gasteiger partial charge in [-0.2, -0.15) is 0 Å². The summed E-state index contributed by atoms with van der Waals surface area (Å²) in [6.07, 6.45) is 5.40. The van der Waals surface area contributed by atoms with Crippen molar-refractivity contribution in [1.82, 2.24) is 0 Å². The Kier molecular flexibility index (Phi) is 1.33. The lowest BCUT2D eigenvalue weighted by Gasteiger charge is -2.28. The normalized spacial score (nSPS) is 35.4. The molecule has 62 valence electrons. The van der Waals surface area contributed by atoms with Crippen molar-refractivity contribution in [3.05, 3.63) is 11.8 Å². The van der Waals surface area contributed by atoms with E-state index in [1.165, 1.54) is 18.6 Å². The largest absolute Gasteiger partial charge is 0.483 e. The third-order valence-corrected chi connectivity index (χ3v) is 2.76. The van der Waals surface area contributed by atoms with E-state index >= 15 is 0 Å². The molecule has 1 aliphatic carbocycles. The molecule has 0 saturated carbocycles. The van der Waals surface area contributed by atoms with Crippen LogP contribution in [0.25, 0.3) is 0 Å². The second kappa shape index (κ2) is 2.02. The van der Waals surface area contributed by atoms with Gasteiger partial charge in [0.2, 0.25) is 0 Å². The van der Waals surface area contributed by atoms with Crippen LogP contribution in [0.3, 0.4) is 0 Å². The van der Waals surface area contributed by atoms with Gasteiger partial charge < -0.3 is 4.74 Å². The summed E-state index contributed by atoms with van der Waals surface area (Å²) in [5.41, 5.74) is 0.421. The van der Waals surface area contributed by atoms with Crippen LogP contribution in [0.1, 0.15) is 33.6 Å². The molecule has 2 aliphatic rings. The number of ether oxygens (including phenoxy) is 1. The molecule has 0 aromatic heterocycles. The first kappa shape index (κ1) is 7.20. The SMILES string of the molecule is CC(C)(C)C1C=C2OC2CC1. The van der Waals surface area contributed by atoms with Gasteiger partial charge in [0, 0.05) is 0 Å². The van der Waals surface area contributed by atoms with E-state index in [9.17, 15) is 0 Å². The molecule has 1 heteroatoms. The number of hydrogen-bond acceptors (Lipinski definition) is 1. The maximum absolute atomic E-state index is 5.36. The van der Waals surface area contributed by atoms with E-state index in [-0.39, 0.29) is 0 Å². The minimum absolute atomic E-state index is 0.421. The fraction of sp³-hybridized carbons (Fsp3) is 0.800. The van der Waals surface area contributed by atoms with E-state index in [1.807, 2.05) is 0 Å². The van der Waals surface area contributed by atoms with E-state index in [2.05, 4.69) is 26.8 Å². The van der Waals surface area contributed by atoms with Gasteiger partial charge in [-0.15, -0.1) is 0 Å². The van der Waals surface area contributed by atoms with E-state index in [4.69, 9.17) is 4.74 Å². The average molecular weight is 152 g/mol. The van der Waals surface area contributed by atoms with E-state index in [0.29, 0.717) is 11.5 Å². The first-order valence-corrected chi connectivity index (χ1v) is 4.46. The highest BCUT2D eigenvalue weighted by atomic mass is 16.6. The van der Waals surface area contributed by atoms with Crippen LogP contribution in [-0.4, -0.2) is 6.10 Å². The van der Waals surface area contributed by atoms with Gasteiger partial charge in [-0.1, -0.05) is 20.8 Å². The fourth-order valence-electron chi connectivity index (χ4n) is 1.77. The maximum Gasteiger partial charge on any atom is 0.155 e. The molecule has 1 aliphatic heterocycles. The summed E-state index contributed by atoms with van der Waals surface area (Å²) in [7, 11) is 0. The molecular formula is C10H16O. The smallest absolute Gasteiger partial charge is 0.155 e. The number of rotatable bonds is 0. The molecule has 1 heterocycles. The van der Waals surface area contributed by atoms with E-state index < -0.39 is 0 Å². The van der Waals surface area contributed by atoms with Gasteiger partial charge >= 0.3 is 0 Å². The molecule has 0 aromatic rings. The molecule has 0 spiro atoms. The third kappa shape index (κ3) is 1.29. The summed E-state index contributed by atoms with van der Waals surface area (Å²) in [5.74, 6) is 1.99. The quantitative estimate of drug-likeness (QED) is 0.486. The number of epoxide rings is 1. The molecule has 11 heavy (non-hydrogen) atoms. The van der Waals surface area contributed by atoms with E-state index in [1.54, 1.807) is 0 Å². The molecule has 1 nitrogen and oxygen atoms in total. The highest BCUT2D eigenvalue weighted by molar-refractivity contribution is 5.19. The molecule has 2 atom stereocenters. The topological polar surface area (TPSA) is 12.5 Å².